The second-order valence-corrected chi connectivity index (χ2v) is 12.1. The molecule has 1 spiro atoms. The minimum Gasteiger partial charge on any atom is -0.267 e. The van der Waals surface area contributed by atoms with Crippen LogP contribution in [0.25, 0.3) is 22.5 Å². The van der Waals surface area contributed by atoms with Crippen LogP contribution in [-0.2, 0) is 30.1 Å². The molecule has 6 rings (SSSR count). The SMILES string of the molecule is Cn1nc(-c2ccc3c(c2)CC2CCC(C3)[C@]23CN(CC(F)(F)F)S(=O)(=O)N3)cc1-c1ccc(F)cc1. The number of hydrogen-bond donors (Lipinski definition) is 1. The van der Waals surface area contributed by atoms with Crippen molar-refractivity contribution < 1.29 is 26.0 Å². The molecule has 11 heteroatoms. The van der Waals surface area contributed by atoms with Crippen molar-refractivity contribution in [3.05, 3.63) is 65.5 Å². The Bertz CT molecular complexity index is 1470. The molecule has 3 aliphatic rings. The van der Waals surface area contributed by atoms with Crippen LogP contribution in [0.5, 0.6) is 0 Å². The molecule has 6 nitrogen and oxygen atoms in total. The van der Waals surface area contributed by atoms with Gasteiger partial charge in [-0.3, -0.25) is 4.68 Å². The first-order chi connectivity index (χ1) is 17.4. The Balaban J connectivity index is 1.31. The summed E-state index contributed by atoms with van der Waals surface area (Å²) in [5.41, 5.74) is 4.61. The summed E-state index contributed by atoms with van der Waals surface area (Å²) in [6.07, 6.45) is -1.88. The van der Waals surface area contributed by atoms with E-state index in [-0.39, 0.29) is 24.2 Å². The van der Waals surface area contributed by atoms with Crippen molar-refractivity contribution in [2.24, 2.45) is 18.9 Å². The summed E-state index contributed by atoms with van der Waals surface area (Å²) in [5, 5.41) is 4.65. The van der Waals surface area contributed by atoms with Crippen molar-refractivity contribution in [1.82, 2.24) is 18.8 Å². The zero-order chi connectivity index (χ0) is 26.2. The number of aromatic nitrogens is 2. The van der Waals surface area contributed by atoms with Gasteiger partial charge in [0, 0.05) is 19.2 Å². The van der Waals surface area contributed by atoms with E-state index in [9.17, 15) is 26.0 Å². The normalized spacial score (nSPS) is 26.9. The highest BCUT2D eigenvalue weighted by Crippen LogP contribution is 2.50. The molecular formula is C26H26F4N4O2S. The van der Waals surface area contributed by atoms with E-state index >= 15 is 0 Å². The number of nitrogens with zero attached hydrogens (tertiary/aromatic N) is 3. The molecule has 1 saturated carbocycles. The van der Waals surface area contributed by atoms with Crippen LogP contribution >= 0.6 is 0 Å². The summed E-state index contributed by atoms with van der Waals surface area (Å²) in [6, 6.07) is 14.2. The molecule has 2 aliphatic carbocycles. The molecule has 2 bridgehead atoms. The van der Waals surface area contributed by atoms with Gasteiger partial charge in [-0.25, -0.2) is 4.39 Å². The van der Waals surface area contributed by atoms with E-state index in [2.05, 4.69) is 15.9 Å². The van der Waals surface area contributed by atoms with Crippen LogP contribution in [-0.4, -0.2) is 47.3 Å². The Labute approximate surface area is 212 Å². The number of benzene rings is 2. The molecule has 1 aromatic heterocycles. The molecule has 2 aromatic carbocycles. The Morgan fingerprint density at radius 2 is 1.65 bits per heavy atom. The van der Waals surface area contributed by atoms with Crippen LogP contribution in [0, 0.1) is 17.7 Å². The summed E-state index contributed by atoms with van der Waals surface area (Å²) < 4.78 is 83.1. The molecule has 196 valence electrons. The molecule has 1 saturated heterocycles. The zero-order valence-electron chi connectivity index (χ0n) is 20.1. The molecule has 3 aromatic rings. The van der Waals surface area contributed by atoms with Crippen LogP contribution < -0.4 is 4.72 Å². The van der Waals surface area contributed by atoms with E-state index in [1.54, 1.807) is 16.8 Å². The van der Waals surface area contributed by atoms with Gasteiger partial charge in [-0.2, -0.15) is 35.7 Å². The highest BCUT2D eigenvalue weighted by molar-refractivity contribution is 7.87. The minimum absolute atomic E-state index is 0.0717. The Hall–Kier alpha value is -2.76. The summed E-state index contributed by atoms with van der Waals surface area (Å²) in [6.45, 7) is -1.64. The number of hydrogen-bond acceptors (Lipinski definition) is 3. The van der Waals surface area contributed by atoms with Gasteiger partial charge < -0.3 is 0 Å². The van der Waals surface area contributed by atoms with E-state index in [4.69, 9.17) is 0 Å². The lowest BCUT2D eigenvalue weighted by Crippen LogP contribution is -2.52. The van der Waals surface area contributed by atoms with E-state index in [1.807, 2.05) is 25.2 Å². The highest BCUT2D eigenvalue weighted by atomic mass is 32.2. The van der Waals surface area contributed by atoms with E-state index in [1.165, 1.54) is 12.1 Å². The van der Waals surface area contributed by atoms with Gasteiger partial charge in [0.05, 0.1) is 16.9 Å². The van der Waals surface area contributed by atoms with E-state index in [0.717, 1.165) is 46.5 Å². The van der Waals surface area contributed by atoms with Gasteiger partial charge in [-0.15, -0.1) is 0 Å². The molecule has 2 unspecified atom stereocenters. The van der Waals surface area contributed by atoms with Crippen molar-refractivity contribution in [3.8, 4) is 22.5 Å². The maximum absolute atomic E-state index is 13.4. The topological polar surface area (TPSA) is 67.2 Å². The van der Waals surface area contributed by atoms with Crippen molar-refractivity contribution >= 4 is 10.2 Å². The van der Waals surface area contributed by atoms with Gasteiger partial charge in [0.1, 0.15) is 12.4 Å². The third-order valence-corrected chi connectivity index (χ3v) is 9.80. The summed E-state index contributed by atoms with van der Waals surface area (Å²) in [7, 11) is -2.39. The molecule has 2 fully saturated rings. The van der Waals surface area contributed by atoms with Crippen LogP contribution in [0.2, 0.25) is 0 Å². The third kappa shape index (κ3) is 4.26. The first-order valence-corrected chi connectivity index (χ1v) is 13.7. The maximum Gasteiger partial charge on any atom is 0.402 e. The first-order valence-electron chi connectivity index (χ1n) is 12.2. The summed E-state index contributed by atoms with van der Waals surface area (Å²) >= 11 is 0. The fourth-order valence-electron chi connectivity index (χ4n) is 6.50. The molecule has 1 aliphatic heterocycles. The van der Waals surface area contributed by atoms with Crippen LogP contribution in [0.15, 0.2) is 48.5 Å². The zero-order valence-corrected chi connectivity index (χ0v) is 20.9. The molecule has 37 heavy (non-hydrogen) atoms. The molecule has 3 atom stereocenters. The van der Waals surface area contributed by atoms with E-state index < -0.39 is 28.5 Å². The fraction of sp³-hybridized carbons (Fsp3) is 0.423. The van der Waals surface area contributed by atoms with Gasteiger partial charge >= 0.3 is 6.18 Å². The Kier molecular flexibility index (Phi) is 5.56. The van der Waals surface area contributed by atoms with Crippen molar-refractivity contribution in [2.45, 2.75) is 37.4 Å². The molecule has 0 amide bonds. The monoisotopic (exact) mass is 534 g/mol. The van der Waals surface area contributed by atoms with Crippen molar-refractivity contribution in [1.29, 1.82) is 0 Å². The fourth-order valence-corrected chi connectivity index (χ4v) is 8.21. The van der Waals surface area contributed by atoms with Crippen molar-refractivity contribution in [2.75, 3.05) is 13.1 Å². The van der Waals surface area contributed by atoms with Crippen LogP contribution in [0.4, 0.5) is 17.6 Å². The van der Waals surface area contributed by atoms with Crippen LogP contribution in [0.3, 0.4) is 0 Å². The quantitative estimate of drug-likeness (QED) is 0.505. The standard InChI is InChI=1S/C26H26F4N4O2S/c1-33-24(16-4-8-22(27)9-5-16)13-23(31-33)18-3-2-17-11-20-6-7-21(12-19(17)10-18)25(20)14-34(15-26(28,29)30)37(35,36)32-25/h2-5,8-10,13,20-21,32H,6-7,11-12,14-15H2,1H3/t20?,21?,25-/m1/s1. The van der Waals surface area contributed by atoms with Crippen LogP contribution in [0.1, 0.15) is 24.0 Å². The number of halogens is 4. The van der Waals surface area contributed by atoms with Crippen molar-refractivity contribution in [3.63, 3.8) is 0 Å². The number of fused-ring (bicyclic) bond motifs is 1. The lowest BCUT2D eigenvalue weighted by atomic mass is 9.79. The number of rotatable bonds is 3. The van der Waals surface area contributed by atoms with Gasteiger partial charge in [0.2, 0.25) is 0 Å². The Morgan fingerprint density at radius 3 is 2.32 bits per heavy atom. The maximum atomic E-state index is 13.4. The van der Waals surface area contributed by atoms with Gasteiger partial charge in [-0.05, 0) is 90.6 Å². The average molecular weight is 535 g/mol. The lowest BCUT2D eigenvalue weighted by molar-refractivity contribution is -0.136. The summed E-state index contributed by atoms with van der Waals surface area (Å²) in [4.78, 5) is 0. The van der Waals surface area contributed by atoms with E-state index in [0.29, 0.717) is 17.1 Å². The van der Waals surface area contributed by atoms with Gasteiger partial charge in [0.25, 0.3) is 10.2 Å². The highest BCUT2D eigenvalue weighted by Gasteiger charge is 2.60. The second-order valence-electron chi connectivity index (χ2n) is 10.4. The number of alkyl halides is 3. The third-order valence-electron chi connectivity index (χ3n) is 8.23. The minimum atomic E-state index is -4.60. The Morgan fingerprint density at radius 1 is 1.00 bits per heavy atom. The number of nitrogens with one attached hydrogen (secondary N) is 1. The molecule has 0 radical (unpaired) electrons. The summed E-state index contributed by atoms with van der Waals surface area (Å²) in [5.74, 6) is -0.479. The largest absolute Gasteiger partial charge is 0.402 e. The average Bonchev–Trinajstić information content (AvgIpc) is 3.38. The number of aryl methyl sites for hydroxylation is 1. The van der Waals surface area contributed by atoms with Gasteiger partial charge in [0.15, 0.2) is 0 Å². The first kappa shape index (κ1) is 24.6. The second kappa shape index (κ2) is 8.37. The smallest absolute Gasteiger partial charge is 0.267 e. The van der Waals surface area contributed by atoms with Gasteiger partial charge in [-0.1, -0.05) is 12.1 Å². The molecule has 1 N–H and O–H groups in total. The predicted octanol–water partition coefficient (Wildman–Crippen LogP) is 4.47. The molecular weight excluding hydrogens is 508 g/mol. The lowest BCUT2D eigenvalue weighted by Gasteiger charge is -2.33. The predicted molar refractivity (Wildman–Crippen MR) is 130 cm³/mol. The molecule has 2 heterocycles.